The maximum Gasteiger partial charge on any atom is 0.251 e. The largest absolute Gasteiger partial charge is 0.345 e. The van der Waals surface area contributed by atoms with Gasteiger partial charge in [0.1, 0.15) is 0 Å². The Kier molecular flexibility index (Phi) is 8.20. The van der Waals surface area contributed by atoms with Gasteiger partial charge in [0.25, 0.3) is 5.91 Å². The Morgan fingerprint density at radius 2 is 1.52 bits per heavy atom. The van der Waals surface area contributed by atoms with Crippen LogP contribution in [0.4, 0.5) is 0 Å². The third-order valence-electron chi connectivity index (χ3n) is 4.65. The quantitative estimate of drug-likeness (QED) is 0.639. The van der Waals surface area contributed by atoms with Crippen molar-refractivity contribution >= 4 is 5.91 Å². The number of rotatable bonds is 10. The highest BCUT2D eigenvalue weighted by Crippen LogP contribution is 2.20. The summed E-state index contributed by atoms with van der Waals surface area (Å²) in [6.45, 7) is 7.74. The van der Waals surface area contributed by atoms with Gasteiger partial charge in [-0.25, -0.2) is 0 Å². The molecule has 2 rings (SSSR count). The van der Waals surface area contributed by atoms with Gasteiger partial charge >= 0.3 is 0 Å². The van der Waals surface area contributed by atoms with Gasteiger partial charge in [-0.2, -0.15) is 0 Å². The standard InChI is InChI=1S/C22H30N2O/c1-3-24(4-2)18-12-11-17-21(19-13-7-5-8-14-19)23-22(25)20-15-9-6-10-16-20/h5-10,13-16,21H,3-4,11-12,17-18H2,1-2H3,(H,23,25). The lowest BCUT2D eigenvalue weighted by Crippen LogP contribution is -2.29. The molecular formula is C22H30N2O. The molecule has 0 aliphatic rings. The van der Waals surface area contributed by atoms with E-state index in [0.717, 1.165) is 38.9 Å². The Bertz CT molecular complexity index is 608. The van der Waals surface area contributed by atoms with E-state index in [4.69, 9.17) is 0 Å². The molecule has 0 saturated carbocycles. The van der Waals surface area contributed by atoms with Gasteiger partial charge < -0.3 is 10.2 Å². The van der Waals surface area contributed by atoms with Gasteiger partial charge in [0.15, 0.2) is 0 Å². The molecule has 0 aliphatic carbocycles. The van der Waals surface area contributed by atoms with Crippen molar-refractivity contribution < 1.29 is 4.79 Å². The number of amides is 1. The lowest BCUT2D eigenvalue weighted by Gasteiger charge is -2.21. The van der Waals surface area contributed by atoms with Crippen molar-refractivity contribution in [3.63, 3.8) is 0 Å². The molecule has 0 saturated heterocycles. The van der Waals surface area contributed by atoms with Crippen LogP contribution in [0.2, 0.25) is 0 Å². The number of hydrogen-bond donors (Lipinski definition) is 1. The topological polar surface area (TPSA) is 32.3 Å². The summed E-state index contributed by atoms with van der Waals surface area (Å²) in [6, 6.07) is 19.8. The summed E-state index contributed by atoms with van der Waals surface area (Å²) in [6.07, 6.45) is 3.22. The number of hydrogen-bond acceptors (Lipinski definition) is 2. The summed E-state index contributed by atoms with van der Waals surface area (Å²) in [5.74, 6) is -0.00167. The molecule has 134 valence electrons. The molecule has 0 spiro atoms. The minimum Gasteiger partial charge on any atom is -0.345 e. The molecule has 0 aliphatic heterocycles. The summed E-state index contributed by atoms with van der Waals surface area (Å²) in [7, 11) is 0. The zero-order valence-electron chi connectivity index (χ0n) is 15.4. The number of unbranched alkanes of at least 4 members (excludes halogenated alkanes) is 1. The van der Waals surface area contributed by atoms with E-state index in [-0.39, 0.29) is 11.9 Å². The minimum absolute atomic E-state index is 0.00167. The van der Waals surface area contributed by atoms with Crippen molar-refractivity contribution in [1.82, 2.24) is 10.2 Å². The first-order valence-electron chi connectivity index (χ1n) is 9.37. The maximum atomic E-state index is 12.5. The Morgan fingerprint density at radius 3 is 2.12 bits per heavy atom. The highest BCUT2D eigenvalue weighted by Gasteiger charge is 2.15. The van der Waals surface area contributed by atoms with E-state index in [2.05, 4.69) is 36.2 Å². The van der Waals surface area contributed by atoms with E-state index in [0.29, 0.717) is 5.56 Å². The fourth-order valence-corrected chi connectivity index (χ4v) is 3.06. The Balaban J connectivity index is 1.95. The molecule has 1 unspecified atom stereocenters. The van der Waals surface area contributed by atoms with Gasteiger partial charge in [-0.1, -0.05) is 62.4 Å². The van der Waals surface area contributed by atoms with Crippen LogP contribution in [-0.4, -0.2) is 30.4 Å². The van der Waals surface area contributed by atoms with Gasteiger partial charge in [0, 0.05) is 5.56 Å². The fourth-order valence-electron chi connectivity index (χ4n) is 3.06. The van der Waals surface area contributed by atoms with Gasteiger partial charge in [-0.15, -0.1) is 0 Å². The van der Waals surface area contributed by atoms with E-state index in [1.165, 1.54) is 5.56 Å². The van der Waals surface area contributed by atoms with Gasteiger partial charge in [0.05, 0.1) is 6.04 Å². The molecule has 1 N–H and O–H groups in total. The predicted octanol–water partition coefficient (Wildman–Crippen LogP) is 4.67. The molecule has 3 nitrogen and oxygen atoms in total. The van der Waals surface area contributed by atoms with Crippen LogP contribution in [0.5, 0.6) is 0 Å². The first-order chi connectivity index (χ1) is 12.2. The summed E-state index contributed by atoms with van der Waals surface area (Å²) in [5.41, 5.74) is 1.89. The zero-order chi connectivity index (χ0) is 17.9. The molecule has 2 aromatic carbocycles. The molecule has 0 radical (unpaired) electrons. The van der Waals surface area contributed by atoms with Crippen molar-refractivity contribution in [1.29, 1.82) is 0 Å². The van der Waals surface area contributed by atoms with Crippen LogP contribution in [0.3, 0.4) is 0 Å². The van der Waals surface area contributed by atoms with E-state index in [9.17, 15) is 4.79 Å². The Hall–Kier alpha value is -2.13. The van der Waals surface area contributed by atoms with Gasteiger partial charge in [-0.3, -0.25) is 4.79 Å². The first kappa shape index (κ1) is 19.2. The number of nitrogens with zero attached hydrogens (tertiary/aromatic N) is 1. The van der Waals surface area contributed by atoms with Crippen LogP contribution in [0.1, 0.15) is 55.1 Å². The van der Waals surface area contributed by atoms with E-state index >= 15 is 0 Å². The molecule has 0 fully saturated rings. The van der Waals surface area contributed by atoms with Crippen molar-refractivity contribution in [2.24, 2.45) is 0 Å². The lowest BCUT2D eigenvalue weighted by atomic mass is 10.00. The molecular weight excluding hydrogens is 308 g/mol. The average Bonchev–Trinajstić information content (AvgIpc) is 2.68. The highest BCUT2D eigenvalue weighted by atomic mass is 16.1. The van der Waals surface area contributed by atoms with Crippen LogP contribution in [0, 0.1) is 0 Å². The van der Waals surface area contributed by atoms with Crippen LogP contribution in [-0.2, 0) is 0 Å². The summed E-state index contributed by atoms with van der Waals surface area (Å²) in [4.78, 5) is 15.0. The fraction of sp³-hybridized carbons (Fsp3) is 0.409. The SMILES string of the molecule is CCN(CC)CCCCC(NC(=O)c1ccccc1)c1ccccc1. The molecule has 2 aromatic rings. The van der Waals surface area contributed by atoms with Crippen LogP contribution < -0.4 is 5.32 Å². The summed E-state index contributed by atoms with van der Waals surface area (Å²) >= 11 is 0. The van der Waals surface area contributed by atoms with Crippen molar-refractivity contribution in [3.05, 3.63) is 71.8 Å². The van der Waals surface area contributed by atoms with Crippen molar-refractivity contribution in [2.45, 2.75) is 39.2 Å². The summed E-state index contributed by atoms with van der Waals surface area (Å²) < 4.78 is 0. The highest BCUT2D eigenvalue weighted by molar-refractivity contribution is 5.94. The zero-order valence-corrected chi connectivity index (χ0v) is 15.4. The van der Waals surface area contributed by atoms with Gasteiger partial charge in [-0.05, 0) is 56.6 Å². The number of nitrogens with one attached hydrogen (secondary N) is 1. The Labute approximate surface area is 152 Å². The van der Waals surface area contributed by atoms with Crippen molar-refractivity contribution in [3.8, 4) is 0 Å². The molecule has 0 bridgehead atoms. The second-order valence-corrected chi connectivity index (χ2v) is 6.33. The second kappa shape index (κ2) is 10.7. The monoisotopic (exact) mass is 338 g/mol. The molecule has 0 aromatic heterocycles. The van der Waals surface area contributed by atoms with Gasteiger partial charge in [0.2, 0.25) is 0 Å². The molecule has 0 heterocycles. The van der Waals surface area contributed by atoms with Crippen molar-refractivity contribution in [2.75, 3.05) is 19.6 Å². The Morgan fingerprint density at radius 1 is 0.920 bits per heavy atom. The minimum atomic E-state index is -0.00167. The van der Waals surface area contributed by atoms with E-state index < -0.39 is 0 Å². The number of carbonyl (C=O) groups excluding carboxylic acids is 1. The lowest BCUT2D eigenvalue weighted by molar-refractivity contribution is 0.0934. The molecule has 1 atom stereocenters. The average molecular weight is 338 g/mol. The van der Waals surface area contributed by atoms with Crippen LogP contribution in [0.25, 0.3) is 0 Å². The number of carbonyl (C=O) groups is 1. The normalized spacial score (nSPS) is 12.1. The molecule has 3 heteroatoms. The third kappa shape index (κ3) is 6.35. The van der Waals surface area contributed by atoms with Crippen LogP contribution >= 0.6 is 0 Å². The second-order valence-electron chi connectivity index (χ2n) is 6.33. The van der Waals surface area contributed by atoms with E-state index in [1.807, 2.05) is 48.5 Å². The molecule has 25 heavy (non-hydrogen) atoms. The third-order valence-corrected chi connectivity index (χ3v) is 4.65. The van der Waals surface area contributed by atoms with Crippen LogP contribution in [0.15, 0.2) is 60.7 Å². The number of benzene rings is 2. The first-order valence-corrected chi connectivity index (χ1v) is 9.37. The molecule has 1 amide bonds. The van der Waals surface area contributed by atoms with E-state index in [1.54, 1.807) is 0 Å². The smallest absolute Gasteiger partial charge is 0.251 e. The summed E-state index contributed by atoms with van der Waals surface area (Å²) in [5, 5.41) is 3.21. The maximum absolute atomic E-state index is 12.5. The predicted molar refractivity (Wildman–Crippen MR) is 105 cm³/mol.